The lowest BCUT2D eigenvalue weighted by atomic mass is 10.1. The molecule has 0 unspecified atom stereocenters. The van der Waals surface area contributed by atoms with E-state index in [1.165, 1.54) is 0 Å². The molecule has 4 heteroatoms. The summed E-state index contributed by atoms with van der Waals surface area (Å²) in [6, 6.07) is 6.86. The van der Waals surface area contributed by atoms with Gasteiger partial charge in [0.25, 0.3) is 0 Å². The number of benzene rings is 1. The molecule has 2 N–H and O–H groups in total. The molecular weight excluding hydrogens is 200 g/mol. The molecule has 0 aliphatic heterocycles. The molecule has 2 nitrogen and oxygen atoms in total. The third-order valence-electron chi connectivity index (χ3n) is 2.06. The zero-order valence-electron chi connectivity index (χ0n) is 8.62. The predicted molar refractivity (Wildman–Crippen MR) is 55.0 cm³/mol. The van der Waals surface area contributed by atoms with Gasteiger partial charge in [-0.15, -0.1) is 0 Å². The van der Waals surface area contributed by atoms with Crippen LogP contribution in [-0.4, -0.2) is 12.7 Å². The van der Waals surface area contributed by atoms with Crippen molar-refractivity contribution in [3.05, 3.63) is 29.8 Å². The first-order chi connectivity index (χ1) is 7.09. The number of nitrogens with two attached hydrogens (primary N) is 1. The number of alkyl halides is 2. The maximum absolute atomic E-state index is 12.1. The fraction of sp³-hybridized carbons (Fsp3) is 0.455. The maximum atomic E-state index is 12.1. The summed E-state index contributed by atoms with van der Waals surface area (Å²) < 4.78 is 28.5. The molecule has 1 rings (SSSR count). The Morgan fingerprint density at radius 2 is 2.00 bits per heavy atom. The molecular formula is C11H15F2NO. The van der Waals surface area contributed by atoms with Gasteiger partial charge in [-0.05, 0) is 31.4 Å². The van der Waals surface area contributed by atoms with Crippen molar-refractivity contribution < 1.29 is 13.5 Å². The van der Waals surface area contributed by atoms with E-state index in [4.69, 9.17) is 5.73 Å². The van der Waals surface area contributed by atoms with Crippen LogP contribution in [0.25, 0.3) is 0 Å². The van der Waals surface area contributed by atoms with Crippen molar-refractivity contribution in [3.63, 3.8) is 0 Å². The van der Waals surface area contributed by atoms with Gasteiger partial charge in [0, 0.05) is 6.04 Å². The highest BCUT2D eigenvalue weighted by Gasteiger charge is 2.09. The Labute approximate surface area is 88.0 Å². The first-order valence-corrected chi connectivity index (χ1v) is 4.88. The van der Waals surface area contributed by atoms with Gasteiger partial charge in [0.05, 0.1) is 0 Å². The Morgan fingerprint density at radius 1 is 1.33 bits per heavy atom. The lowest BCUT2D eigenvalue weighted by Gasteiger charge is -2.11. The molecule has 0 heterocycles. The molecule has 0 spiro atoms. The molecule has 0 aliphatic carbocycles. The highest BCUT2D eigenvalue weighted by Crippen LogP contribution is 2.21. The number of ether oxygens (including phenoxy) is 1. The van der Waals surface area contributed by atoms with E-state index in [1.54, 1.807) is 24.3 Å². The summed E-state index contributed by atoms with van der Waals surface area (Å²) in [5, 5.41) is 0. The summed E-state index contributed by atoms with van der Waals surface area (Å²) in [5.74, 6) is 0.244. The quantitative estimate of drug-likeness (QED) is 0.819. The summed E-state index contributed by atoms with van der Waals surface area (Å²) in [4.78, 5) is 0. The molecule has 0 fully saturated rings. The van der Waals surface area contributed by atoms with Gasteiger partial charge in [-0.1, -0.05) is 18.2 Å². The summed E-state index contributed by atoms with van der Waals surface area (Å²) in [6.07, 6.45) is 1.41. The zero-order chi connectivity index (χ0) is 11.3. The number of rotatable bonds is 5. The van der Waals surface area contributed by atoms with E-state index < -0.39 is 6.61 Å². The van der Waals surface area contributed by atoms with Crippen LogP contribution in [0, 0.1) is 0 Å². The van der Waals surface area contributed by atoms with Crippen LogP contribution in [0.1, 0.15) is 18.9 Å². The van der Waals surface area contributed by atoms with Crippen LogP contribution >= 0.6 is 0 Å². The Kier molecular flexibility index (Phi) is 4.49. The van der Waals surface area contributed by atoms with Crippen molar-refractivity contribution in [2.45, 2.75) is 32.4 Å². The lowest BCUT2D eigenvalue weighted by molar-refractivity contribution is -0.0504. The molecule has 15 heavy (non-hydrogen) atoms. The van der Waals surface area contributed by atoms with Crippen LogP contribution in [0.4, 0.5) is 8.78 Å². The molecule has 0 bridgehead atoms. The van der Waals surface area contributed by atoms with Gasteiger partial charge in [-0.2, -0.15) is 8.78 Å². The highest BCUT2D eigenvalue weighted by atomic mass is 19.3. The van der Waals surface area contributed by atoms with Crippen molar-refractivity contribution in [2.75, 3.05) is 0 Å². The van der Waals surface area contributed by atoms with Gasteiger partial charge in [0.15, 0.2) is 0 Å². The monoisotopic (exact) mass is 215 g/mol. The Morgan fingerprint density at radius 3 is 2.60 bits per heavy atom. The first-order valence-electron chi connectivity index (χ1n) is 4.88. The topological polar surface area (TPSA) is 35.2 Å². The van der Waals surface area contributed by atoms with E-state index in [2.05, 4.69) is 4.74 Å². The number of aryl methyl sites for hydroxylation is 1. The minimum Gasteiger partial charge on any atom is -0.435 e. The SMILES string of the molecule is C[C@@H](N)CCc1ccccc1OC(F)F. The van der Waals surface area contributed by atoms with Crippen molar-refractivity contribution >= 4 is 0 Å². The third kappa shape index (κ3) is 4.25. The average Bonchev–Trinajstić information content (AvgIpc) is 2.15. The Bertz CT molecular complexity index is 302. The fourth-order valence-corrected chi connectivity index (χ4v) is 1.30. The second-order valence-corrected chi connectivity index (χ2v) is 3.50. The van der Waals surface area contributed by atoms with Crippen LogP contribution in [0.15, 0.2) is 24.3 Å². The predicted octanol–water partition coefficient (Wildman–Crippen LogP) is 2.57. The molecule has 0 aromatic heterocycles. The van der Waals surface area contributed by atoms with E-state index in [9.17, 15) is 8.78 Å². The van der Waals surface area contributed by atoms with E-state index in [1.807, 2.05) is 6.92 Å². The van der Waals surface area contributed by atoms with Crippen molar-refractivity contribution in [3.8, 4) is 5.75 Å². The van der Waals surface area contributed by atoms with Crippen molar-refractivity contribution in [1.29, 1.82) is 0 Å². The number of para-hydroxylation sites is 1. The maximum Gasteiger partial charge on any atom is 0.387 e. The summed E-state index contributed by atoms with van der Waals surface area (Å²) >= 11 is 0. The standard InChI is InChI=1S/C11H15F2NO/c1-8(14)6-7-9-4-2-3-5-10(9)15-11(12)13/h2-5,8,11H,6-7,14H2,1H3/t8-/m1/s1. The zero-order valence-corrected chi connectivity index (χ0v) is 8.62. The smallest absolute Gasteiger partial charge is 0.387 e. The Hall–Kier alpha value is -1.16. The van der Waals surface area contributed by atoms with Gasteiger partial charge in [-0.25, -0.2) is 0 Å². The van der Waals surface area contributed by atoms with E-state index in [-0.39, 0.29) is 11.8 Å². The van der Waals surface area contributed by atoms with Gasteiger partial charge >= 0.3 is 6.61 Å². The van der Waals surface area contributed by atoms with E-state index >= 15 is 0 Å². The van der Waals surface area contributed by atoms with E-state index in [0.717, 1.165) is 12.0 Å². The van der Waals surface area contributed by atoms with Crippen molar-refractivity contribution in [2.24, 2.45) is 5.73 Å². The van der Waals surface area contributed by atoms with Crippen molar-refractivity contribution in [1.82, 2.24) is 0 Å². The van der Waals surface area contributed by atoms with Gasteiger partial charge in [0.2, 0.25) is 0 Å². The molecule has 1 atom stereocenters. The largest absolute Gasteiger partial charge is 0.435 e. The number of hydrogen-bond donors (Lipinski definition) is 1. The molecule has 1 aromatic rings. The molecule has 0 amide bonds. The lowest BCUT2D eigenvalue weighted by Crippen LogP contribution is -2.15. The first kappa shape index (κ1) is 11.9. The van der Waals surface area contributed by atoms with Crippen LogP contribution < -0.4 is 10.5 Å². The molecule has 1 aromatic carbocycles. The third-order valence-corrected chi connectivity index (χ3v) is 2.06. The summed E-state index contributed by atoms with van der Waals surface area (Å²) in [5.41, 5.74) is 6.38. The average molecular weight is 215 g/mol. The summed E-state index contributed by atoms with van der Waals surface area (Å²) in [6.45, 7) is -0.891. The molecule has 0 saturated carbocycles. The fourth-order valence-electron chi connectivity index (χ4n) is 1.30. The highest BCUT2D eigenvalue weighted by molar-refractivity contribution is 5.33. The number of halogens is 2. The molecule has 0 aliphatic rings. The minimum absolute atomic E-state index is 0.0598. The summed E-state index contributed by atoms with van der Waals surface area (Å²) in [7, 11) is 0. The van der Waals surface area contributed by atoms with Gasteiger partial charge in [0.1, 0.15) is 5.75 Å². The normalized spacial score (nSPS) is 12.9. The van der Waals surface area contributed by atoms with E-state index in [0.29, 0.717) is 6.42 Å². The van der Waals surface area contributed by atoms with Crippen LogP contribution in [-0.2, 0) is 6.42 Å². The second-order valence-electron chi connectivity index (χ2n) is 3.50. The second kappa shape index (κ2) is 5.66. The minimum atomic E-state index is -2.78. The van der Waals surface area contributed by atoms with Crippen LogP contribution in [0.3, 0.4) is 0 Å². The Balaban J connectivity index is 2.68. The van der Waals surface area contributed by atoms with Crippen LogP contribution in [0.2, 0.25) is 0 Å². The van der Waals surface area contributed by atoms with Gasteiger partial charge < -0.3 is 10.5 Å². The number of hydrogen-bond acceptors (Lipinski definition) is 2. The molecule has 84 valence electrons. The molecule has 0 radical (unpaired) electrons. The van der Waals surface area contributed by atoms with Crippen LogP contribution in [0.5, 0.6) is 5.75 Å². The van der Waals surface area contributed by atoms with Gasteiger partial charge in [-0.3, -0.25) is 0 Å². The molecule has 0 saturated heterocycles.